The van der Waals surface area contributed by atoms with Gasteiger partial charge < -0.3 is 193 Å². The zero-order chi connectivity index (χ0) is 64.1. The highest BCUT2D eigenvalue weighted by atomic mass is 16.8. The third-order valence-electron chi connectivity index (χ3n) is 17.1. The van der Waals surface area contributed by atoms with E-state index in [1.54, 1.807) is 0 Å². The van der Waals surface area contributed by atoms with Crippen LogP contribution in [0.2, 0.25) is 0 Å². The Morgan fingerprint density at radius 1 is 0.170 bits per heavy atom. The molecule has 30 aliphatic rings. The molecule has 30 aliphatic heterocycles. The summed E-state index contributed by atoms with van der Waals surface area (Å²) in [7, 11) is 0. The summed E-state index contributed by atoms with van der Waals surface area (Å²) in [5.41, 5.74) is 0. The first kappa shape index (κ1) is 70.7. The molecule has 88 heavy (non-hydrogen) atoms. The van der Waals surface area contributed by atoms with Crippen LogP contribution in [-0.2, 0) is 75.8 Å². The van der Waals surface area contributed by atoms with Gasteiger partial charge in [0.15, 0.2) is 50.3 Å². The van der Waals surface area contributed by atoms with Crippen molar-refractivity contribution in [2.75, 3.05) is 46.2 Å². The van der Waals surface area contributed by atoms with E-state index in [9.17, 15) is 117 Å². The maximum absolute atomic E-state index is 11.5. The molecule has 0 aromatic carbocycles. The number of ether oxygens (including phenoxy) is 16. The normalized spacial score (nSPS) is 55.4. The maximum atomic E-state index is 11.5. The summed E-state index contributed by atoms with van der Waals surface area (Å²) in [4.78, 5) is 0. The average Bonchev–Trinajstić information content (AvgIpc) is 0.985. The maximum Gasteiger partial charge on any atom is 0.187 e. The van der Waals surface area contributed by atoms with Gasteiger partial charge in [-0.2, -0.15) is 0 Å². The molecular formula is C49H82O39. The minimum Gasteiger partial charge on any atom is -0.394 e. The number of hydrogen-bond donors (Lipinski definition) is 23. The van der Waals surface area contributed by atoms with Gasteiger partial charge in [-0.3, -0.25) is 0 Å². The van der Waals surface area contributed by atoms with Gasteiger partial charge in [-0.1, -0.05) is 6.92 Å². The number of rotatable bonds is 8. The Kier molecular flexibility index (Phi) is 24.1. The zero-order valence-electron chi connectivity index (χ0n) is 46.6. The standard InChI is InChI=1S/C49H82O39/c1-2-10-34-18(57)26(65)42(73-10)82-35-11(3-50)75-44(28(67)20(35)59)84-37-13(5-52)77-46(30(69)22(37)61)86-39-15(7-54)79-48(32(71)24(39)63)88-41-17(9-56)80-49(33(72)25(41)64)87-40-16(8-55)78-47(31(70)23(40)62)85-38-14(6-53)76-45(29(68)21(38)60)83-36-12(4-51)74-43(81-34)27(66)19(36)58/h10-72H,2-9H2,1H3/t10?,11?,12?,13?,14?,15?,16?,17?,18-,19-,20-,21-,22-,23-,24-,25-,26?,27?,28?,29?,30?,31?,32?,33?,34-,35-,36-,37-,38-,39?,40-,41-,42+,43-,44+,45-,46-,47-,48-,49+/m1/s1. The van der Waals surface area contributed by atoms with E-state index in [1.807, 2.05) is 0 Å². The molecule has 40 atom stereocenters. The molecule has 23 N–H and O–H groups in total. The van der Waals surface area contributed by atoms with Crippen LogP contribution in [-0.4, -0.2) is 409 Å². The fraction of sp³-hybridized carbons (Fsp3) is 1.00. The lowest BCUT2D eigenvalue weighted by Gasteiger charge is -2.50. The van der Waals surface area contributed by atoms with Crippen molar-refractivity contribution in [2.24, 2.45) is 0 Å². The Hall–Kier alpha value is -1.56. The van der Waals surface area contributed by atoms with E-state index >= 15 is 0 Å². The molecule has 0 aromatic heterocycles. The van der Waals surface area contributed by atoms with E-state index in [-0.39, 0.29) is 6.42 Å². The molecule has 16 bridgehead atoms. The first-order valence-electron chi connectivity index (χ1n) is 28.5. The van der Waals surface area contributed by atoms with E-state index in [0.29, 0.717) is 0 Å². The average molecular weight is 1300 g/mol. The van der Waals surface area contributed by atoms with Gasteiger partial charge >= 0.3 is 0 Å². The van der Waals surface area contributed by atoms with Gasteiger partial charge in [-0.05, 0) is 6.42 Å². The molecule has 512 valence electrons. The SMILES string of the molecule is CCC1O[C@H]2O[C@@H]3C(CO)O[C@@H](O[C@@H]4C(CO)O[C@H](OC5C(CO)O[C@H](O[C@@H]6C(CO)O[C@@H](O[C@@H]7C(CO)O[C@H](O[C@@H]8C(CO)O[C@H](O[C@@H]9C(CO)O[C@H](O[C@H]1[C@H](O)C2O)C(O)[C@H]9O)C(O)[C@H]8O)C(O)[C@H]7O)C(O)[C@H]6O)C(O)[C@H]5O)C(O)[C@H]4O)C(O)[C@H]3O. The van der Waals surface area contributed by atoms with E-state index in [0.717, 1.165) is 0 Å². The van der Waals surface area contributed by atoms with Crippen molar-refractivity contribution in [2.45, 2.75) is 259 Å². The summed E-state index contributed by atoms with van der Waals surface area (Å²) < 4.78 is 91.9. The van der Waals surface area contributed by atoms with Gasteiger partial charge in [0.05, 0.1) is 52.4 Å². The lowest BCUT2D eigenvalue weighted by Crippen LogP contribution is -2.69. The third kappa shape index (κ3) is 13.8. The van der Waals surface area contributed by atoms with Gasteiger partial charge in [0.1, 0.15) is 189 Å². The fourth-order valence-corrected chi connectivity index (χ4v) is 12.1. The third-order valence-corrected chi connectivity index (χ3v) is 17.1. The summed E-state index contributed by atoms with van der Waals surface area (Å²) in [6.45, 7) is -5.88. The molecule has 39 nitrogen and oxygen atoms in total. The Morgan fingerprint density at radius 3 is 0.398 bits per heavy atom. The highest BCUT2D eigenvalue weighted by molar-refractivity contribution is 5.02. The molecule has 30 fully saturated rings. The monoisotopic (exact) mass is 1290 g/mol. The fourth-order valence-electron chi connectivity index (χ4n) is 12.1. The predicted molar refractivity (Wildman–Crippen MR) is 264 cm³/mol. The zero-order valence-corrected chi connectivity index (χ0v) is 46.6. The van der Waals surface area contributed by atoms with Crippen molar-refractivity contribution < 1.29 is 193 Å². The van der Waals surface area contributed by atoms with Crippen LogP contribution in [0.3, 0.4) is 0 Å². The van der Waals surface area contributed by atoms with Crippen LogP contribution in [0.5, 0.6) is 0 Å². The van der Waals surface area contributed by atoms with E-state index < -0.39 is 292 Å². The topological polar surface area (TPSA) is 613 Å². The Morgan fingerprint density at radius 2 is 0.284 bits per heavy atom. The summed E-state index contributed by atoms with van der Waals surface area (Å²) >= 11 is 0. The van der Waals surface area contributed by atoms with E-state index in [1.165, 1.54) is 6.92 Å². The van der Waals surface area contributed by atoms with E-state index in [2.05, 4.69) is 0 Å². The molecule has 30 saturated heterocycles. The minimum absolute atomic E-state index is 0.0801. The van der Waals surface area contributed by atoms with Crippen molar-refractivity contribution in [3.8, 4) is 0 Å². The second-order valence-electron chi connectivity index (χ2n) is 22.7. The Labute approximate surface area is 497 Å². The van der Waals surface area contributed by atoms with Crippen LogP contribution in [0.1, 0.15) is 13.3 Å². The molecule has 0 amide bonds. The van der Waals surface area contributed by atoms with Gasteiger partial charge in [0, 0.05) is 0 Å². The van der Waals surface area contributed by atoms with Gasteiger partial charge in [-0.15, -0.1) is 0 Å². The van der Waals surface area contributed by atoms with Crippen molar-refractivity contribution in [3.63, 3.8) is 0 Å². The molecule has 0 saturated carbocycles. The largest absolute Gasteiger partial charge is 0.394 e. The molecule has 39 heteroatoms. The van der Waals surface area contributed by atoms with E-state index in [4.69, 9.17) is 75.8 Å². The summed E-state index contributed by atoms with van der Waals surface area (Å²) in [5, 5.41) is 255. The lowest BCUT2D eigenvalue weighted by atomic mass is 9.94. The second kappa shape index (κ2) is 30.0. The molecule has 30 rings (SSSR count). The van der Waals surface area contributed by atoms with Crippen LogP contribution < -0.4 is 0 Å². The first-order valence-corrected chi connectivity index (χ1v) is 28.5. The molecular weight excluding hydrogens is 1210 g/mol. The smallest absolute Gasteiger partial charge is 0.187 e. The van der Waals surface area contributed by atoms with Gasteiger partial charge in [0.2, 0.25) is 0 Å². The number of aliphatic hydroxyl groups is 23. The predicted octanol–water partition coefficient (Wildman–Crippen LogP) is -16.0. The quantitative estimate of drug-likeness (QED) is 0.107. The van der Waals surface area contributed by atoms with Crippen molar-refractivity contribution >= 4 is 0 Å². The van der Waals surface area contributed by atoms with Crippen LogP contribution in [0.15, 0.2) is 0 Å². The number of hydrogen-bond acceptors (Lipinski definition) is 39. The van der Waals surface area contributed by atoms with Crippen LogP contribution in [0.25, 0.3) is 0 Å². The highest BCUT2D eigenvalue weighted by Crippen LogP contribution is 2.40. The van der Waals surface area contributed by atoms with Crippen molar-refractivity contribution in [1.29, 1.82) is 0 Å². The first-order chi connectivity index (χ1) is 41.9. The summed E-state index contributed by atoms with van der Waals surface area (Å²) in [6.07, 6.45) is -79.8. The van der Waals surface area contributed by atoms with Crippen LogP contribution >= 0.6 is 0 Å². The highest BCUT2D eigenvalue weighted by Gasteiger charge is 2.60. The second-order valence-corrected chi connectivity index (χ2v) is 22.7. The Bertz CT molecular complexity index is 1700. The molecule has 17 unspecified atom stereocenters. The summed E-state index contributed by atoms with van der Waals surface area (Å²) in [5.74, 6) is 0. The van der Waals surface area contributed by atoms with Crippen LogP contribution in [0.4, 0.5) is 0 Å². The molecule has 0 spiro atoms. The molecule has 0 radical (unpaired) electrons. The summed E-state index contributed by atoms with van der Waals surface area (Å²) in [6, 6.07) is 0. The molecule has 0 aliphatic carbocycles. The van der Waals surface area contributed by atoms with Gasteiger partial charge in [0.25, 0.3) is 0 Å². The lowest BCUT2D eigenvalue weighted by molar-refractivity contribution is -0.403. The number of aliphatic hydroxyl groups excluding tert-OH is 23. The molecule has 30 heterocycles. The van der Waals surface area contributed by atoms with Crippen LogP contribution in [0, 0.1) is 0 Å². The molecule has 0 aromatic rings. The van der Waals surface area contributed by atoms with Crippen molar-refractivity contribution in [3.05, 3.63) is 0 Å². The van der Waals surface area contributed by atoms with Gasteiger partial charge in [-0.25, -0.2) is 0 Å². The Balaban J connectivity index is 0.975. The van der Waals surface area contributed by atoms with Crippen molar-refractivity contribution in [1.82, 2.24) is 0 Å². The minimum atomic E-state index is -2.24.